The molecule has 2 unspecified atom stereocenters. The number of nitriles is 1. The molecule has 0 spiro atoms. The molecule has 0 saturated heterocycles. The smallest absolute Gasteiger partial charge is 0.114 e. The van der Waals surface area contributed by atoms with Gasteiger partial charge in [-0.25, -0.2) is 4.98 Å². The van der Waals surface area contributed by atoms with Crippen molar-refractivity contribution in [2.75, 3.05) is 5.75 Å². The molecule has 0 amide bonds. The fourth-order valence-corrected chi connectivity index (χ4v) is 6.43. The van der Waals surface area contributed by atoms with Crippen LogP contribution in [0.2, 0.25) is 0 Å². The van der Waals surface area contributed by atoms with Crippen molar-refractivity contribution in [1.29, 1.82) is 5.26 Å². The molecular weight excluding hydrogens is 372 g/mol. The molecule has 1 aromatic carbocycles. The van der Waals surface area contributed by atoms with Crippen LogP contribution in [0.25, 0.3) is 0 Å². The van der Waals surface area contributed by atoms with Gasteiger partial charge in [-0.15, -0.1) is 11.8 Å². The van der Waals surface area contributed by atoms with Gasteiger partial charge in [0.2, 0.25) is 0 Å². The third kappa shape index (κ3) is 5.07. The van der Waals surface area contributed by atoms with Gasteiger partial charge < -0.3 is 5.11 Å². The van der Waals surface area contributed by atoms with Gasteiger partial charge in [0.15, 0.2) is 0 Å². The molecular formula is C22H26N2OS2. The first-order valence-electron chi connectivity index (χ1n) is 9.41. The van der Waals surface area contributed by atoms with Crippen molar-refractivity contribution in [3.8, 4) is 6.07 Å². The zero-order chi connectivity index (χ0) is 19.3. The maximum Gasteiger partial charge on any atom is 0.114 e. The Morgan fingerprint density at radius 2 is 2.04 bits per heavy atom. The molecule has 1 N–H and O–H groups in total. The number of pyridine rings is 1. The maximum atomic E-state index is 11.4. The highest BCUT2D eigenvalue weighted by Crippen LogP contribution is 2.41. The molecule has 1 fully saturated rings. The Hall–Kier alpha value is -1.48. The molecule has 1 heterocycles. The average molecular weight is 399 g/mol. The molecule has 1 aliphatic carbocycles. The van der Waals surface area contributed by atoms with Crippen molar-refractivity contribution in [3.63, 3.8) is 0 Å². The summed E-state index contributed by atoms with van der Waals surface area (Å²) in [4.78, 5) is 4.56. The minimum Gasteiger partial charge on any atom is -0.388 e. The molecule has 0 bridgehead atoms. The third-order valence-corrected chi connectivity index (χ3v) is 7.89. The third-order valence-electron chi connectivity index (χ3n) is 5.10. The van der Waals surface area contributed by atoms with Crippen LogP contribution in [0.15, 0.2) is 41.4 Å². The molecule has 0 aliphatic heterocycles. The molecule has 2 aromatic rings. The Bertz CT molecular complexity index is 819. The molecule has 5 heteroatoms. The molecule has 1 saturated carbocycles. The van der Waals surface area contributed by atoms with E-state index in [1.807, 2.05) is 37.7 Å². The zero-order valence-corrected chi connectivity index (χ0v) is 17.6. The van der Waals surface area contributed by atoms with E-state index in [4.69, 9.17) is 0 Å². The van der Waals surface area contributed by atoms with E-state index in [1.54, 1.807) is 0 Å². The van der Waals surface area contributed by atoms with E-state index in [0.29, 0.717) is 11.3 Å². The average Bonchev–Trinajstić information content (AvgIpc) is 2.66. The predicted molar refractivity (Wildman–Crippen MR) is 114 cm³/mol. The monoisotopic (exact) mass is 398 g/mol. The number of aryl methyl sites for hydroxylation is 2. The van der Waals surface area contributed by atoms with Crippen LogP contribution < -0.4 is 0 Å². The van der Waals surface area contributed by atoms with Crippen molar-refractivity contribution in [2.45, 2.75) is 61.2 Å². The van der Waals surface area contributed by atoms with Crippen LogP contribution in [0.5, 0.6) is 0 Å². The largest absolute Gasteiger partial charge is 0.388 e. The number of rotatable bonds is 6. The van der Waals surface area contributed by atoms with Crippen LogP contribution >= 0.6 is 23.5 Å². The first kappa shape index (κ1) is 20.3. The summed E-state index contributed by atoms with van der Waals surface area (Å²) in [5.41, 5.74) is 3.09. The lowest BCUT2D eigenvalue weighted by Crippen LogP contribution is -2.45. The lowest BCUT2D eigenvalue weighted by atomic mass is 9.86. The fraction of sp³-hybridized carbons (Fsp3) is 0.455. The van der Waals surface area contributed by atoms with Crippen molar-refractivity contribution in [2.24, 2.45) is 0 Å². The first-order chi connectivity index (χ1) is 13.0. The van der Waals surface area contributed by atoms with Crippen LogP contribution in [-0.4, -0.2) is 26.7 Å². The predicted octanol–water partition coefficient (Wildman–Crippen LogP) is 5.27. The Labute approximate surface area is 170 Å². The Morgan fingerprint density at radius 3 is 2.78 bits per heavy atom. The number of benzene rings is 1. The lowest BCUT2D eigenvalue weighted by Gasteiger charge is -2.39. The molecule has 27 heavy (non-hydrogen) atoms. The van der Waals surface area contributed by atoms with Crippen LogP contribution in [0.1, 0.15) is 48.1 Å². The normalized spacial score (nSPS) is 22.4. The molecule has 0 radical (unpaired) electrons. The summed E-state index contributed by atoms with van der Waals surface area (Å²) >= 11 is 3.39. The summed E-state index contributed by atoms with van der Waals surface area (Å²) in [6, 6.07) is 14.7. The minimum atomic E-state index is -0.714. The summed E-state index contributed by atoms with van der Waals surface area (Å²) in [6.45, 7) is 3.90. The Balaban J connectivity index is 1.70. The molecule has 3 rings (SSSR count). The number of nitrogens with zero attached hydrogens (tertiary/aromatic N) is 2. The van der Waals surface area contributed by atoms with Gasteiger partial charge in [0.05, 0.1) is 11.2 Å². The molecule has 3 nitrogen and oxygen atoms in total. The summed E-state index contributed by atoms with van der Waals surface area (Å²) < 4.78 is 0. The van der Waals surface area contributed by atoms with Crippen molar-refractivity contribution in [1.82, 2.24) is 4.98 Å². The van der Waals surface area contributed by atoms with Gasteiger partial charge >= 0.3 is 0 Å². The summed E-state index contributed by atoms with van der Waals surface area (Å²) in [6.07, 6.45) is 4.09. The quantitative estimate of drug-likeness (QED) is 0.672. The number of aromatic nitrogens is 1. The molecule has 142 valence electrons. The second-order valence-corrected chi connectivity index (χ2v) is 9.45. The van der Waals surface area contributed by atoms with Crippen LogP contribution in [0.4, 0.5) is 0 Å². The van der Waals surface area contributed by atoms with Gasteiger partial charge in [0.1, 0.15) is 11.1 Å². The number of thioether (sulfide) groups is 2. The highest BCUT2D eigenvalue weighted by molar-refractivity contribution is 8.00. The van der Waals surface area contributed by atoms with E-state index < -0.39 is 5.60 Å². The van der Waals surface area contributed by atoms with Crippen LogP contribution in [0.3, 0.4) is 0 Å². The second kappa shape index (κ2) is 9.14. The van der Waals surface area contributed by atoms with E-state index in [9.17, 15) is 10.4 Å². The molecule has 1 aromatic heterocycles. The highest BCUT2D eigenvalue weighted by atomic mass is 32.2. The Kier molecular flexibility index (Phi) is 6.86. The lowest BCUT2D eigenvalue weighted by molar-refractivity contribution is 0.0339. The van der Waals surface area contributed by atoms with Crippen molar-refractivity contribution < 1.29 is 5.11 Å². The Morgan fingerprint density at radius 1 is 1.26 bits per heavy atom. The van der Waals surface area contributed by atoms with Crippen molar-refractivity contribution in [3.05, 3.63) is 58.8 Å². The van der Waals surface area contributed by atoms with Crippen LogP contribution in [0, 0.1) is 25.2 Å². The van der Waals surface area contributed by atoms with E-state index in [2.05, 4.69) is 35.3 Å². The zero-order valence-electron chi connectivity index (χ0n) is 15.9. The van der Waals surface area contributed by atoms with Gasteiger partial charge in [-0.3, -0.25) is 0 Å². The number of hydrogen-bond acceptors (Lipinski definition) is 5. The molecule has 1 aliphatic rings. The van der Waals surface area contributed by atoms with Gasteiger partial charge in [-0.05, 0) is 43.9 Å². The van der Waals surface area contributed by atoms with Gasteiger partial charge in [-0.2, -0.15) is 17.0 Å². The summed E-state index contributed by atoms with van der Waals surface area (Å²) in [7, 11) is 0. The van der Waals surface area contributed by atoms with Crippen molar-refractivity contribution >= 4 is 23.5 Å². The molecule has 2 atom stereocenters. The number of hydrogen-bond donors (Lipinski definition) is 1. The van der Waals surface area contributed by atoms with Gasteiger partial charge in [0, 0.05) is 22.4 Å². The van der Waals surface area contributed by atoms with E-state index >= 15 is 0 Å². The SMILES string of the molecule is Cc1cc(C)c(C#N)c(SCC2(O)CCCCC2SCc2ccccc2)n1. The maximum absolute atomic E-state index is 11.4. The topological polar surface area (TPSA) is 56.9 Å². The minimum absolute atomic E-state index is 0.218. The van der Waals surface area contributed by atoms with E-state index in [-0.39, 0.29) is 5.25 Å². The van der Waals surface area contributed by atoms with Crippen LogP contribution in [-0.2, 0) is 5.75 Å². The second-order valence-electron chi connectivity index (χ2n) is 7.30. The van der Waals surface area contributed by atoms with Gasteiger partial charge in [-0.1, -0.05) is 43.2 Å². The highest BCUT2D eigenvalue weighted by Gasteiger charge is 2.39. The first-order valence-corrected chi connectivity index (χ1v) is 11.4. The number of aliphatic hydroxyl groups is 1. The van der Waals surface area contributed by atoms with Gasteiger partial charge in [0.25, 0.3) is 0 Å². The van der Waals surface area contributed by atoms with E-state index in [1.165, 1.54) is 23.7 Å². The standard InChI is InChI=1S/C22H26N2OS2/c1-16-12-17(2)24-21(19(16)13-23)27-15-22(25)11-7-6-10-20(22)26-14-18-8-4-3-5-9-18/h3-5,8-9,12,20,25H,6-7,10-11,14-15H2,1-2H3. The summed E-state index contributed by atoms with van der Waals surface area (Å²) in [5.74, 6) is 1.51. The summed E-state index contributed by atoms with van der Waals surface area (Å²) in [5, 5.41) is 21.9. The fourth-order valence-electron chi connectivity index (χ4n) is 3.60. The van der Waals surface area contributed by atoms with E-state index in [0.717, 1.165) is 41.3 Å².